The molecule has 0 aromatic heterocycles. The lowest BCUT2D eigenvalue weighted by molar-refractivity contribution is 0.0865. The Morgan fingerprint density at radius 2 is 1.59 bits per heavy atom. The standard InChI is InChI=1S/C16H33N/c1-14(2)8-6-7-9-16(5)10-12-17(13-11-16)15(3)4/h14-15H,6-13H2,1-5H3. The van der Waals surface area contributed by atoms with Gasteiger partial charge in [-0.2, -0.15) is 0 Å². The van der Waals surface area contributed by atoms with E-state index in [1.54, 1.807) is 0 Å². The molecule has 0 unspecified atom stereocenters. The van der Waals surface area contributed by atoms with Crippen molar-refractivity contribution in [3.8, 4) is 0 Å². The van der Waals surface area contributed by atoms with Crippen LogP contribution < -0.4 is 0 Å². The second kappa shape index (κ2) is 6.78. The zero-order valence-electron chi connectivity index (χ0n) is 12.8. The number of piperidine rings is 1. The van der Waals surface area contributed by atoms with Crippen molar-refractivity contribution >= 4 is 0 Å². The van der Waals surface area contributed by atoms with E-state index in [9.17, 15) is 0 Å². The van der Waals surface area contributed by atoms with E-state index >= 15 is 0 Å². The third-order valence-electron chi connectivity index (χ3n) is 4.55. The van der Waals surface area contributed by atoms with Crippen molar-refractivity contribution in [3.63, 3.8) is 0 Å². The Morgan fingerprint density at radius 3 is 2.06 bits per heavy atom. The van der Waals surface area contributed by atoms with Gasteiger partial charge in [0.05, 0.1) is 0 Å². The molecule has 1 nitrogen and oxygen atoms in total. The molecule has 0 N–H and O–H groups in total. The highest BCUT2D eigenvalue weighted by atomic mass is 15.1. The van der Waals surface area contributed by atoms with E-state index in [-0.39, 0.29) is 0 Å². The summed E-state index contributed by atoms with van der Waals surface area (Å²) in [5, 5.41) is 0. The lowest BCUT2D eigenvalue weighted by atomic mass is 9.76. The Bertz CT molecular complexity index is 200. The fraction of sp³-hybridized carbons (Fsp3) is 1.00. The predicted octanol–water partition coefficient (Wildman–Crippen LogP) is 4.71. The van der Waals surface area contributed by atoms with Crippen molar-refractivity contribution in [1.82, 2.24) is 4.90 Å². The quantitative estimate of drug-likeness (QED) is 0.607. The summed E-state index contributed by atoms with van der Waals surface area (Å²) in [6, 6.07) is 0.737. The summed E-state index contributed by atoms with van der Waals surface area (Å²) < 4.78 is 0. The van der Waals surface area contributed by atoms with Crippen molar-refractivity contribution in [2.24, 2.45) is 11.3 Å². The maximum absolute atomic E-state index is 2.63. The highest BCUT2D eigenvalue weighted by Crippen LogP contribution is 2.36. The highest BCUT2D eigenvalue weighted by molar-refractivity contribution is 4.83. The van der Waals surface area contributed by atoms with Gasteiger partial charge in [-0.1, -0.05) is 40.0 Å². The molecule has 0 saturated carbocycles. The maximum Gasteiger partial charge on any atom is 0.00385 e. The number of unbranched alkanes of at least 4 members (excludes halogenated alkanes) is 1. The van der Waals surface area contributed by atoms with Gasteiger partial charge in [0.1, 0.15) is 0 Å². The average molecular weight is 239 g/mol. The molecule has 0 spiro atoms. The summed E-state index contributed by atoms with van der Waals surface area (Å²) in [6.07, 6.45) is 8.55. The third-order valence-corrected chi connectivity index (χ3v) is 4.55. The van der Waals surface area contributed by atoms with Crippen molar-refractivity contribution in [2.45, 2.75) is 79.2 Å². The SMILES string of the molecule is CC(C)CCCCC1(C)CCN(C(C)C)CC1. The molecule has 0 bridgehead atoms. The first kappa shape index (κ1) is 15.0. The van der Waals surface area contributed by atoms with Crippen molar-refractivity contribution < 1.29 is 0 Å². The van der Waals surface area contributed by atoms with Crippen molar-refractivity contribution in [2.75, 3.05) is 13.1 Å². The topological polar surface area (TPSA) is 3.24 Å². The zero-order chi connectivity index (χ0) is 12.9. The van der Waals surface area contributed by atoms with E-state index in [2.05, 4.69) is 39.5 Å². The molecular formula is C16H33N. The smallest absolute Gasteiger partial charge is 0.00385 e. The van der Waals surface area contributed by atoms with E-state index < -0.39 is 0 Å². The molecule has 1 aliphatic heterocycles. The molecule has 102 valence electrons. The molecule has 1 rings (SSSR count). The summed E-state index contributed by atoms with van der Waals surface area (Å²) in [6.45, 7) is 14.5. The van der Waals surface area contributed by atoms with Crippen LogP contribution in [0.25, 0.3) is 0 Å². The summed E-state index contributed by atoms with van der Waals surface area (Å²) >= 11 is 0. The van der Waals surface area contributed by atoms with Crippen LogP contribution in [-0.2, 0) is 0 Å². The number of rotatable bonds is 6. The third kappa shape index (κ3) is 5.42. The molecule has 1 aliphatic rings. The summed E-state index contributed by atoms with van der Waals surface area (Å²) in [5.74, 6) is 0.880. The molecule has 1 heteroatoms. The van der Waals surface area contributed by atoms with E-state index in [0.29, 0.717) is 5.41 Å². The second-order valence-electron chi connectivity index (χ2n) is 7.08. The first-order chi connectivity index (χ1) is 7.93. The molecule has 0 aromatic carbocycles. The average Bonchev–Trinajstić information content (AvgIpc) is 2.25. The van der Waals surface area contributed by atoms with Crippen LogP contribution in [0.1, 0.15) is 73.1 Å². The van der Waals surface area contributed by atoms with Crippen LogP contribution in [0.15, 0.2) is 0 Å². The molecular weight excluding hydrogens is 206 g/mol. The maximum atomic E-state index is 2.63. The van der Waals surface area contributed by atoms with Crippen LogP contribution in [0.2, 0.25) is 0 Å². The minimum atomic E-state index is 0.641. The van der Waals surface area contributed by atoms with Gasteiger partial charge in [-0.25, -0.2) is 0 Å². The van der Waals surface area contributed by atoms with Gasteiger partial charge in [0, 0.05) is 6.04 Å². The van der Waals surface area contributed by atoms with Crippen LogP contribution in [-0.4, -0.2) is 24.0 Å². The largest absolute Gasteiger partial charge is 0.301 e. The molecule has 0 atom stereocenters. The summed E-state index contributed by atoms with van der Waals surface area (Å²) in [7, 11) is 0. The van der Waals surface area contributed by atoms with Crippen LogP contribution in [0, 0.1) is 11.3 Å². The minimum absolute atomic E-state index is 0.641. The van der Waals surface area contributed by atoms with Gasteiger partial charge < -0.3 is 4.90 Å². The van der Waals surface area contributed by atoms with Gasteiger partial charge in [-0.3, -0.25) is 0 Å². The lowest BCUT2D eigenvalue weighted by Crippen LogP contribution is -2.42. The Labute approximate surface area is 109 Å². The monoisotopic (exact) mass is 239 g/mol. The van der Waals surface area contributed by atoms with E-state index in [0.717, 1.165) is 12.0 Å². The normalized spacial score (nSPS) is 21.4. The van der Waals surface area contributed by atoms with Crippen molar-refractivity contribution in [1.29, 1.82) is 0 Å². The number of hydrogen-bond donors (Lipinski definition) is 0. The van der Waals surface area contributed by atoms with Gasteiger partial charge in [0.2, 0.25) is 0 Å². The second-order valence-corrected chi connectivity index (χ2v) is 7.08. The van der Waals surface area contributed by atoms with Crippen LogP contribution >= 0.6 is 0 Å². The first-order valence-corrected chi connectivity index (χ1v) is 7.67. The molecule has 1 heterocycles. The Morgan fingerprint density at radius 1 is 1.00 bits per heavy atom. The van der Waals surface area contributed by atoms with E-state index in [1.807, 2.05) is 0 Å². The fourth-order valence-corrected chi connectivity index (χ4v) is 2.93. The van der Waals surface area contributed by atoms with Crippen LogP contribution in [0.3, 0.4) is 0 Å². The van der Waals surface area contributed by atoms with Gasteiger partial charge in [-0.15, -0.1) is 0 Å². The van der Waals surface area contributed by atoms with Crippen LogP contribution in [0.4, 0.5) is 0 Å². The van der Waals surface area contributed by atoms with E-state index in [1.165, 1.54) is 51.6 Å². The molecule has 0 amide bonds. The molecule has 1 saturated heterocycles. The summed E-state index contributed by atoms with van der Waals surface area (Å²) in [5.41, 5.74) is 0.641. The van der Waals surface area contributed by atoms with Crippen LogP contribution in [0.5, 0.6) is 0 Å². The molecule has 0 aromatic rings. The van der Waals surface area contributed by atoms with Gasteiger partial charge >= 0.3 is 0 Å². The summed E-state index contributed by atoms with van der Waals surface area (Å²) in [4.78, 5) is 2.63. The highest BCUT2D eigenvalue weighted by Gasteiger charge is 2.30. The first-order valence-electron chi connectivity index (χ1n) is 7.67. The predicted molar refractivity (Wildman–Crippen MR) is 77.4 cm³/mol. The van der Waals surface area contributed by atoms with E-state index in [4.69, 9.17) is 0 Å². The lowest BCUT2D eigenvalue weighted by Gasteiger charge is -2.41. The number of hydrogen-bond acceptors (Lipinski definition) is 1. The van der Waals surface area contributed by atoms with Gasteiger partial charge in [0.25, 0.3) is 0 Å². The molecule has 0 radical (unpaired) electrons. The molecule has 17 heavy (non-hydrogen) atoms. The fourth-order valence-electron chi connectivity index (χ4n) is 2.93. The van der Waals surface area contributed by atoms with Gasteiger partial charge in [-0.05, 0) is 57.5 Å². The number of nitrogens with zero attached hydrogens (tertiary/aromatic N) is 1. The van der Waals surface area contributed by atoms with Crippen molar-refractivity contribution in [3.05, 3.63) is 0 Å². The van der Waals surface area contributed by atoms with Gasteiger partial charge in [0.15, 0.2) is 0 Å². The zero-order valence-corrected chi connectivity index (χ0v) is 12.8. The number of likely N-dealkylation sites (tertiary alicyclic amines) is 1. The minimum Gasteiger partial charge on any atom is -0.301 e. The Balaban J connectivity index is 2.20. The Kier molecular flexibility index (Phi) is 5.99. The Hall–Kier alpha value is -0.0400. The molecule has 0 aliphatic carbocycles. The molecule has 1 fully saturated rings.